The highest BCUT2D eigenvalue weighted by Gasteiger charge is 2.38. The highest BCUT2D eigenvalue weighted by atomic mass is 79.9. The minimum absolute atomic E-state index is 0.220. The first-order valence-electron chi connectivity index (χ1n) is 5.48. The lowest BCUT2D eigenvalue weighted by molar-refractivity contribution is -0.137. The number of carbonyl (C=O) groups excluding carboxylic acids is 1. The molecule has 1 heterocycles. The molecule has 17 heavy (non-hydrogen) atoms. The molecule has 1 aromatic rings. The largest absolute Gasteiger partial charge is 0.506 e. The fourth-order valence-electron chi connectivity index (χ4n) is 2.25. The Bertz CT molecular complexity index is 518. The topological polar surface area (TPSA) is 46.5 Å². The van der Waals surface area contributed by atoms with Gasteiger partial charge in [-0.2, -0.15) is 0 Å². The summed E-state index contributed by atoms with van der Waals surface area (Å²) in [5, 5.41) is 10.1. The van der Waals surface area contributed by atoms with Gasteiger partial charge in [-0.1, -0.05) is 13.8 Å². The second-order valence-corrected chi connectivity index (χ2v) is 5.94. The number of rotatable bonds is 0. The molecular weight excluding hydrogens is 284 g/mol. The first kappa shape index (κ1) is 12.4. The Morgan fingerprint density at radius 3 is 2.47 bits per heavy atom. The molecule has 0 atom stereocenters. The summed E-state index contributed by atoms with van der Waals surface area (Å²) in [5.74, 6) is 0.600. The molecule has 0 radical (unpaired) electrons. The monoisotopic (exact) mass is 298 g/mol. The van der Waals surface area contributed by atoms with Crippen molar-refractivity contribution in [2.24, 2.45) is 0 Å². The van der Waals surface area contributed by atoms with Gasteiger partial charge in [0.2, 0.25) is 0 Å². The van der Waals surface area contributed by atoms with Crippen molar-refractivity contribution >= 4 is 21.9 Å². The highest BCUT2D eigenvalue weighted by molar-refractivity contribution is 9.10. The molecule has 0 unspecified atom stereocenters. The van der Waals surface area contributed by atoms with Gasteiger partial charge in [0.05, 0.1) is 10.9 Å². The Labute approximate surface area is 109 Å². The average molecular weight is 299 g/mol. The molecule has 0 bridgehead atoms. The van der Waals surface area contributed by atoms with Crippen LogP contribution in [-0.2, 0) is 10.2 Å². The molecule has 1 aromatic carbocycles. The summed E-state index contributed by atoms with van der Waals surface area (Å²) < 4.78 is 5.97. The molecule has 3 nitrogen and oxygen atoms in total. The predicted octanol–water partition coefficient (Wildman–Crippen LogP) is 3.36. The van der Waals surface area contributed by atoms with E-state index in [0.717, 1.165) is 16.7 Å². The van der Waals surface area contributed by atoms with E-state index in [-0.39, 0.29) is 17.1 Å². The SMILES string of the molecule is Cc1c(C)c2c(c(Br)c1O)C(C)(C)CC(=O)O2. The molecule has 0 aliphatic carbocycles. The molecule has 2 rings (SSSR count). The maximum absolute atomic E-state index is 11.6. The van der Waals surface area contributed by atoms with E-state index in [1.807, 2.05) is 27.7 Å². The van der Waals surface area contributed by atoms with E-state index in [0.29, 0.717) is 16.6 Å². The van der Waals surface area contributed by atoms with Gasteiger partial charge < -0.3 is 9.84 Å². The van der Waals surface area contributed by atoms with Crippen LogP contribution in [0.25, 0.3) is 0 Å². The van der Waals surface area contributed by atoms with E-state index in [9.17, 15) is 9.90 Å². The molecule has 0 fully saturated rings. The van der Waals surface area contributed by atoms with Gasteiger partial charge in [0.15, 0.2) is 0 Å². The van der Waals surface area contributed by atoms with Gasteiger partial charge in [0, 0.05) is 11.0 Å². The van der Waals surface area contributed by atoms with Crippen LogP contribution in [0.2, 0.25) is 0 Å². The maximum Gasteiger partial charge on any atom is 0.312 e. The number of phenols is 1. The Hall–Kier alpha value is -1.03. The zero-order chi connectivity index (χ0) is 13.0. The number of fused-ring (bicyclic) bond motifs is 1. The van der Waals surface area contributed by atoms with Gasteiger partial charge >= 0.3 is 5.97 Å². The molecule has 0 spiro atoms. The number of ether oxygens (including phenoxy) is 1. The third-order valence-corrected chi connectivity index (χ3v) is 4.16. The molecule has 0 saturated carbocycles. The minimum atomic E-state index is -0.334. The van der Waals surface area contributed by atoms with E-state index < -0.39 is 0 Å². The second-order valence-electron chi connectivity index (χ2n) is 5.15. The number of hydrogen-bond acceptors (Lipinski definition) is 3. The summed E-state index contributed by atoms with van der Waals surface area (Å²) in [6, 6.07) is 0. The summed E-state index contributed by atoms with van der Waals surface area (Å²) in [4.78, 5) is 11.6. The normalized spacial score (nSPS) is 17.6. The van der Waals surface area contributed by atoms with Crippen molar-refractivity contribution in [2.45, 2.75) is 39.5 Å². The van der Waals surface area contributed by atoms with Crippen molar-refractivity contribution in [3.05, 3.63) is 21.2 Å². The number of aromatic hydroxyl groups is 1. The lowest BCUT2D eigenvalue weighted by atomic mass is 9.78. The zero-order valence-corrected chi connectivity index (χ0v) is 11.9. The van der Waals surface area contributed by atoms with Crippen molar-refractivity contribution in [3.63, 3.8) is 0 Å². The van der Waals surface area contributed by atoms with Crippen LogP contribution < -0.4 is 4.74 Å². The Kier molecular flexibility index (Phi) is 2.73. The quantitative estimate of drug-likeness (QED) is 0.590. The number of esters is 1. The van der Waals surface area contributed by atoms with Gasteiger partial charge in [-0.3, -0.25) is 4.79 Å². The standard InChI is InChI=1S/C13H15BrO3/c1-6-7(2)12-9(10(14)11(6)16)13(3,4)5-8(15)17-12/h16H,5H2,1-4H3. The van der Waals surface area contributed by atoms with Crippen molar-refractivity contribution in [2.75, 3.05) is 0 Å². The van der Waals surface area contributed by atoms with Crippen LogP contribution in [0.3, 0.4) is 0 Å². The fourth-order valence-corrected chi connectivity index (χ4v) is 3.26. The number of carbonyl (C=O) groups is 1. The van der Waals surface area contributed by atoms with E-state index in [1.54, 1.807) is 0 Å². The number of phenolic OH excluding ortho intramolecular Hbond substituents is 1. The van der Waals surface area contributed by atoms with Crippen molar-refractivity contribution in [1.82, 2.24) is 0 Å². The van der Waals surface area contributed by atoms with E-state index in [2.05, 4.69) is 15.9 Å². The maximum atomic E-state index is 11.6. The summed E-state index contributed by atoms with van der Waals surface area (Å²) in [6.07, 6.45) is 0.320. The van der Waals surface area contributed by atoms with Crippen LogP contribution in [0.1, 0.15) is 37.0 Å². The average Bonchev–Trinajstić information content (AvgIpc) is 2.21. The Balaban J connectivity index is 2.84. The molecule has 0 aromatic heterocycles. The molecular formula is C13H15BrO3. The third-order valence-electron chi connectivity index (χ3n) is 3.39. The Morgan fingerprint density at radius 1 is 1.29 bits per heavy atom. The molecule has 1 N–H and O–H groups in total. The lowest BCUT2D eigenvalue weighted by Crippen LogP contribution is -2.31. The first-order chi connectivity index (χ1) is 7.75. The molecule has 1 aliphatic rings. The van der Waals surface area contributed by atoms with Crippen LogP contribution in [-0.4, -0.2) is 11.1 Å². The fraction of sp³-hybridized carbons (Fsp3) is 0.462. The van der Waals surface area contributed by atoms with Gasteiger partial charge in [0.25, 0.3) is 0 Å². The van der Waals surface area contributed by atoms with E-state index >= 15 is 0 Å². The zero-order valence-electron chi connectivity index (χ0n) is 10.3. The lowest BCUT2D eigenvalue weighted by Gasteiger charge is -2.33. The van der Waals surface area contributed by atoms with E-state index in [1.165, 1.54) is 0 Å². The number of benzene rings is 1. The van der Waals surface area contributed by atoms with Crippen LogP contribution in [0.5, 0.6) is 11.5 Å². The smallest absolute Gasteiger partial charge is 0.312 e. The number of hydrogen-bond donors (Lipinski definition) is 1. The van der Waals surface area contributed by atoms with Crippen LogP contribution in [0, 0.1) is 13.8 Å². The van der Waals surface area contributed by atoms with Gasteiger partial charge in [-0.05, 0) is 40.9 Å². The number of halogens is 1. The van der Waals surface area contributed by atoms with Crippen molar-refractivity contribution in [1.29, 1.82) is 0 Å². The van der Waals surface area contributed by atoms with E-state index in [4.69, 9.17) is 4.74 Å². The van der Waals surface area contributed by atoms with Crippen LogP contribution in [0.15, 0.2) is 4.47 Å². The van der Waals surface area contributed by atoms with Crippen molar-refractivity contribution < 1.29 is 14.6 Å². The minimum Gasteiger partial charge on any atom is -0.506 e. The third kappa shape index (κ3) is 1.75. The molecule has 4 heteroatoms. The molecule has 1 aliphatic heterocycles. The first-order valence-corrected chi connectivity index (χ1v) is 6.28. The molecule has 0 saturated heterocycles. The second kappa shape index (κ2) is 3.73. The van der Waals surface area contributed by atoms with Gasteiger partial charge in [-0.25, -0.2) is 0 Å². The summed E-state index contributed by atoms with van der Waals surface area (Å²) in [7, 11) is 0. The molecule has 92 valence electrons. The Morgan fingerprint density at radius 2 is 1.88 bits per heavy atom. The van der Waals surface area contributed by atoms with Crippen molar-refractivity contribution in [3.8, 4) is 11.5 Å². The summed E-state index contributed by atoms with van der Waals surface area (Å²) in [5.41, 5.74) is 2.10. The molecule has 0 amide bonds. The van der Waals surface area contributed by atoms with Gasteiger partial charge in [0.1, 0.15) is 11.5 Å². The highest BCUT2D eigenvalue weighted by Crippen LogP contribution is 2.49. The summed E-state index contributed by atoms with van der Waals surface area (Å²) >= 11 is 3.41. The van der Waals surface area contributed by atoms with Gasteiger partial charge in [-0.15, -0.1) is 0 Å². The van der Waals surface area contributed by atoms with Crippen LogP contribution in [0.4, 0.5) is 0 Å². The summed E-state index contributed by atoms with van der Waals surface area (Å²) in [6.45, 7) is 7.62. The predicted molar refractivity (Wildman–Crippen MR) is 68.6 cm³/mol. The van der Waals surface area contributed by atoms with Crippen LogP contribution >= 0.6 is 15.9 Å².